The molecule has 0 aliphatic carbocycles. The van der Waals surface area contributed by atoms with Gasteiger partial charge < -0.3 is 14.8 Å². The van der Waals surface area contributed by atoms with Gasteiger partial charge in [0.2, 0.25) is 0 Å². The van der Waals surface area contributed by atoms with E-state index in [1.54, 1.807) is 13.2 Å². The number of ether oxygens (including phenoxy) is 2. The minimum Gasteiger partial charge on any atom is -0.496 e. The molecule has 1 heterocycles. The van der Waals surface area contributed by atoms with Gasteiger partial charge in [-0.1, -0.05) is 23.3 Å². The van der Waals surface area contributed by atoms with Crippen molar-refractivity contribution in [3.63, 3.8) is 0 Å². The van der Waals surface area contributed by atoms with Gasteiger partial charge in [-0.15, -0.1) is 0 Å². The summed E-state index contributed by atoms with van der Waals surface area (Å²) in [6, 6.07) is 7.29. The number of nitrogens with zero attached hydrogens (tertiary/aromatic N) is 1. The first-order valence-electron chi connectivity index (χ1n) is 8.58. The summed E-state index contributed by atoms with van der Waals surface area (Å²) in [5.74, 6) is 0.967. The molecule has 0 aliphatic rings. The zero-order valence-corrected chi connectivity index (χ0v) is 16.1. The van der Waals surface area contributed by atoms with E-state index in [0.29, 0.717) is 35.9 Å². The van der Waals surface area contributed by atoms with Crippen molar-refractivity contribution in [1.29, 1.82) is 0 Å². The van der Waals surface area contributed by atoms with Gasteiger partial charge in [0.05, 0.1) is 7.11 Å². The number of carbonyl (C=O) groups excluding carboxylic acids is 1. The Kier molecular flexibility index (Phi) is 6.78. The highest BCUT2D eigenvalue weighted by molar-refractivity contribution is 5.98. The van der Waals surface area contributed by atoms with Crippen molar-refractivity contribution in [2.24, 2.45) is 0 Å². The molecule has 1 aromatic heterocycles. The first kappa shape index (κ1) is 19.5. The molecule has 0 saturated carbocycles. The molecular formula is C21H26N2O3. The summed E-state index contributed by atoms with van der Waals surface area (Å²) in [5.41, 5.74) is 3.23. The Balaban J connectivity index is 2.38. The molecule has 0 radical (unpaired) electrons. The predicted molar refractivity (Wildman–Crippen MR) is 105 cm³/mol. The van der Waals surface area contributed by atoms with Crippen molar-refractivity contribution in [2.45, 2.75) is 27.7 Å². The molecule has 0 bridgehead atoms. The van der Waals surface area contributed by atoms with Gasteiger partial charge in [0.25, 0.3) is 5.91 Å². The number of methoxy groups -OCH3 is 1. The van der Waals surface area contributed by atoms with E-state index in [1.165, 1.54) is 5.57 Å². The van der Waals surface area contributed by atoms with Crippen LogP contribution in [-0.2, 0) is 0 Å². The Morgan fingerprint density at radius 2 is 1.85 bits per heavy atom. The van der Waals surface area contributed by atoms with E-state index in [2.05, 4.69) is 10.3 Å². The van der Waals surface area contributed by atoms with Crippen molar-refractivity contribution in [3.8, 4) is 11.5 Å². The number of hydrogen-bond donors (Lipinski definition) is 1. The molecule has 1 aromatic carbocycles. The van der Waals surface area contributed by atoms with Crippen LogP contribution in [0.4, 0.5) is 0 Å². The van der Waals surface area contributed by atoms with Crippen LogP contribution in [0.25, 0.3) is 10.9 Å². The molecule has 2 rings (SSSR count). The van der Waals surface area contributed by atoms with Gasteiger partial charge >= 0.3 is 0 Å². The van der Waals surface area contributed by atoms with Crippen molar-refractivity contribution in [3.05, 3.63) is 53.3 Å². The number of aromatic nitrogens is 1. The van der Waals surface area contributed by atoms with Crippen molar-refractivity contribution in [1.82, 2.24) is 10.3 Å². The maximum atomic E-state index is 12.4. The standard InChI is InChI=1S/C21H26N2O3/c1-14(2)9-11-22-21(24)17-13-19(25-5)16-7-6-8-18(20(16)23-17)26-12-10-15(3)4/h6-10,13H,11-12H2,1-5H3,(H,22,24). The van der Waals surface area contributed by atoms with Crippen LogP contribution in [0.1, 0.15) is 38.2 Å². The number of para-hydroxylation sites is 1. The Hall–Kier alpha value is -2.82. The molecule has 138 valence electrons. The van der Waals surface area contributed by atoms with Gasteiger partial charge in [0.1, 0.15) is 29.3 Å². The number of nitrogens with one attached hydrogen (secondary N) is 1. The number of rotatable bonds is 7. The van der Waals surface area contributed by atoms with Gasteiger partial charge in [-0.3, -0.25) is 4.79 Å². The maximum absolute atomic E-state index is 12.4. The maximum Gasteiger partial charge on any atom is 0.270 e. The number of amides is 1. The van der Waals surface area contributed by atoms with E-state index >= 15 is 0 Å². The third-order valence-electron chi connectivity index (χ3n) is 3.72. The molecule has 0 saturated heterocycles. The number of benzene rings is 1. The zero-order chi connectivity index (χ0) is 19.1. The minimum atomic E-state index is -0.248. The number of carbonyl (C=O) groups is 1. The molecular weight excluding hydrogens is 328 g/mol. The molecule has 0 aliphatic heterocycles. The molecule has 0 atom stereocenters. The van der Waals surface area contributed by atoms with E-state index in [9.17, 15) is 4.79 Å². The van der Waals surface area contributed by atoms with Crippen molar-refractivity contribution >= 4 is 16.8 Å². The molecule has 26 heavy (non-hydrogen) atoms. The second kappa shape index (κ2) is 9.04. The second-order valence-corrected chi connectivity index (χ2v) is 6.45. The quantitative estimate of drug-likeness (QED) is 0.754. The van der Waals surface area contributed by atoms with Crippen molar-refractivity contribution < 1.29 is 14.3 Å². The zero-order valence-electron chi connectivity index (χ0n) is 16.1. The van der Waals surface area contributed by atoms with E-state index in [1.807, 2.05) is 58.0 Å². The predicted octanol–water partition coefficient (Wildman–Crippen LogP) is 4.28. The Bertz CT molecular complexity index is 846. The molecule has 5 heteroatoms. The number of fused-ring (bicyclic) bond motifs is 1. The van der Waals surface area contributed by atoms with E-state index in [0.717, 1.165) is 11.0 Å². The van der Waals surface area contributed by atoms with Crippen LogP contribution in [0.3, 0.4) is 0 Å². The van der Waals surface area contributed by atoms with Gasteiger partial charge in [0, 0.05) is 18.0 Å². The molecule has 1 amide bonds. The van der Waals surface area contributed by atoms with Crippen LogP contribution < -0.4 is 14.8 Å². The van der Waals surface area contributed by atoms with Crippen LogP contribution >= 0.6 is 0 Å². The monoisotopic (exact) mass is 354 g/mol. The Morgan fingerprint density at radius 3 is 2.50 bits per heavy atom. The molecule has 0 unspecified atom stereocenters. The molecule has 0 spiro atoms. The number of allylic oxidation sites excluding steroid dienone is 2. The number of hydrogen-bond acceptors (Lipinski definition) is 4. The van der Waals surface area contributed by atoms with E-state index in [4.69, 9.17) is 9.47 Å². The van der Waals surface area contributed by atoms with E-state index in [-0.39, 0.29) is 5.91 Å². The minimum absolute atomic E-state index is 0.248. The SMILES string of the molecule is COc1cc(C(=O)NCC=C(C)C)nc2c(OCC=C(C)C)cccc12. The summed E-state index contributed by atoms with van der Waals surface area (Å²) in [7, 11) is 1.58. The van der Waals surface area contributed by atoms with Crippen LogP contribution in [0.5, 0.6) is 11.5 Å². The molecule has 5 nitrogen and oxygen atoms in total. The lowest BCUT2D eigenvalue weighted by Crippen LogP contribution is -2.24. The molecule has 2 aromatic rings. The first-order valence-corrected chi connectivity index (χ1v) is 8.58. The second-order valence-electron chi connectivity index (χ2n) is 6.45. The molecule has 0 fully saturated rings. The highest BCUT2D eigenvalue weighted by Crippen LogP contribution is 2.31. The Morgan fingerprint density at radius 1 is 1.12 bits per heavy atom. The van der Waals surface area contributed by atoms with Gasteiger partial charge in [-0.05, 0) is 45.9 Å². The topological polar surface area (TPSA) is 60.5 Å². The average molecular weight is 354 g/mol. The summed E-state index contributed by atoms with van der Waals surface area (Å²) >= 11 is 0. The van der Waals surface area contributed by atoms with Crippen molar-refractivity contribution in [2.75, 3.05) is 20.3 Å². The normalized spacial score (nSPS) is 10.2. The third kappa shape index (κ3) is 5.09. The van der Waals surface area contributed by atoms with Crippen LogP contribution in [-0.4, -0.2) is 31.2 Å². The average Bonchev–Trinajstić information content (AvgIpc) is 2.60. The smallest absolute Gasteiger partial charge is 0.270 e. The lowest BCUT2D eigenvalue weighted by Gasteiger charge is -2.12. The highest BCUT2D eigenvalue weighted by Gasteiger charge is 2.15. The fourth-order valence-corrected chi connectivity index (χ4v) is 2.33. The summed E-state index contributed by atoms with van der Waals surface area (Å²) in [5, 5.41) is 3.65. The lowest BCUT2D eigenvalue weighted by molar-refractivity contribution is 0.0953. The summed E-state index contributed by atoms with van der Waals surface area (Å²) in [6.07, 6.45) is 3.94. The van der Waals surface area contributed by atoms with Gasteiger partial charge in [-0.2, -0.15) is 0 Å². The van der Waals surface area contributed by atoms with Gasteiger partial charge in [-0.25, -0.2) is 4.98 Å². The van der Waals surface area contributed by atoms with Crippen LogP contribution in [0, 0.1) is 0 Å². The van der Waals surface area contributed by atoms with Crippen LogP contribution in [0.2, 0.25) is 0 Å². The summed E-state index contributed by atoms with van der Waals surface area (Å²) in [6.45, 7) is 8.91. The van der Waals surface area contributed by atoms with Crippen LogP contribution in [0.15, 0.2) is 47.6 Å². The largest absolute Gasteiger partial charge is 0.496 e. The lowest BCUT2D eigenvalue weighted by atomic mass is 10.1. The molecule has 1 N–H and O–H groups in total. The Labute approximate surface area is 154 Å². The summed E-state index contributed by atoms with van der Waals surface area (Å²) in [4.78, 5) is 17.0. The number of pyridine rings is 1. The third-order valence-corrected chi connectivity index (χ3v) is 3.72. The van der Waals surface area contributed by atoms with Gasteiger partial charge in [0.15, 0.2) is 0 Å². The fourth-order valence-electron chi connectivity index (χ4n) is 2.33. The first-order chi connectivity index (χ1) is 12.4. The fraction of sp³-hybridized carbons (Fsp3) is 0.333. The highest BCUT2D eigenvalue weighted by atomic mass is 16.5. The van der Waals surface area contributed by atoms with E-state index < -0.39 is 0 Å². The summed E-state index contributed by atoms with van der Waals surface area (Å²) < 4.78 is 11.3.